The fourth-order valence-corrected chi connectivity index (χ4v) is 3.06. The van der Waals surface area contributed by atoms with Crippen molar-refractivity contribution in [1.82, 2.24) is 14.8 Å². The topological polar surface area (TPSA) is 80.0 Å². The Hall–Kier alpha value is -3.15. The molecule has 0 radical (unpaired) electrons. The van der Waals surface area contributed by atoms with Crippen LogP contribution in [0.15, 0.2) is 48.7 Å². The Balaban J connectivity index is 1.72. The molecular weight excluding hydrogens is 304 g/mol. The van der Waals surface area contributed by atoms with E-state index in [-0.39, 0.29) is 17.5 Å². The van der Waals surface area contributed by atoms with Crippen LogP contribution in [0.1, 0.15) is 28.2 Å². The molecule has 6 nitrogen and oxygen atoms in total. The van der Waals surface area contributed by atoms with E-state index in [9.17, 15) is 9.90 Å². The highest BCUT2D eigenvalue weighted by atomic mass is 16.3. The molecule has 0 saturated heterocycles. The molecule has 1 amide bonds. The Morgan fingerprint density at radius 1 is 1.12 bits per heavy atom. The molecule has 1 aliphatic carbocycles. The van der Waals surface area contributed by atoms with Gasteiger partial charge in [-0.1, -0.05) is 18.2 Å². The smallest absolute Gasteiger partial charge is 0.277 e. The summed E-state index contributed by atoms with van der Waals surface area (Å²) in [5.74, 6) is -0.273. The van der Waals surface area contributed by atoms with Gasteiger partial charge in [0.1, 0.15) is 0 Å². The number of nitrogens with one attached hydrogen (secondary N) is 1. The van der Waals surface area contributed by atoms with Gasteiger partial charge >= 0.3 is 0 Å². The molecule has 0 atom stereocenters. The monoisotopic (exact) mass is 320 g/mol. The number of hydrogen-bond acceptors (Lipinski definition) is 4. The fourth-order valence-electron chi connectivity index (χ4n) is 3.06. The van der Waals surface area contributed by atoms with Crippen LogP contribution in [0, 0.1) is 0 Å². The van der Waals surface area contributed by atoms with Gasteiger partial charge in [-0.2, -0.15) is 5.10 Å². The molecule has 2 heterocycles. The SMILES string of the molecule is O=C(Nc1ncccc1O)c1nn(-c2ccccc2)c2c1CCC2. The van der Waals surface area contributed by atoms with Crippen LogP contribution in [0.25, 0.3) is 5.69 Å². The Morgan fingerprint density at radius 3 is 2.75 bits per heavy atom. The number of anilines is 1. The summed E-state index contributed by atoms with van der Waals surface area (Å²) in [6.07, 6.45) is 4.26. The van der Waals surface area contributed by atoms with Gasteiger partial charge in [-0.3, -0.25) is 4.79 Å². The first-order valence-electron chi connectivity index (χ1n) is 7.85. The van der Waals surface area contributed by atoms with Crippen molar-refractivity contribution in [1.29, 1.82) is 0 Å². The molecule has 6 heteroatoms. The van der Waals surface area contributed by atoms with E-state index >= 15 is 0 Å². The van der Waals surface area contributed by atoms with Crippen LogP contribution in [0.3, 0.4) is 0 Å². The molecule has 0 unspecified atom stereocenters. The van der Waals surface area contributed by atoms with E-state index in [0.717, 1.165) is 36.2 Å². The molecule has 0 saturated carbocycles. The van der Waals surface area contributed by atoms with Gasteiger partial charge in [-0.15, -0.1) is 0 Å². The Bertz CT molecular complexity index is 903. The number of para-hydroxylation sites is 1. The fraction of sp³-hybridized carbons (Fsp3) is 0.167. The van der Waals surface area contributed by atoms with Gasteiger partial charge in [0.25, 0.3) is 5.91 Å². The lowest BCUT2D eigenvalue weighted by Crippen LogP contribution is -2.15. The molecule has 0 fully saturated rings. The van der Waals surface area contributed by atoms with Crippen molar-refractivity contribution < 1.29 is 9.90 Å². The maximum Gasteiger partial charge on any atom is 0.277 e. The first-order chi connectivity index (χ1) is 11.7. The third kappa shape index (κ3) is 2.42. The van der Waals surface area contributed by atoms with Gasteiger partial charge in [0.15, 0.2) is 17.3 Å². The van der Waals surface area contributed by atoms with E-state index in [1.165, 1.54) is 12.3 Å². The number of carbonyl (C=O) groups is 1. The van der Waals surface area contributed by atoms with Gasteiger partial charge in [0.05, 0.1) is 5.69 Å². The van der Waals surface area contributed by atoms with Crippen LogP contribution in [0.5, 0.6) is 5.75 Å². The first kappa shape index (κ1) is 14.4. The van der Waals surface area contributed by atoms with E-state index in [4.69, 9.17) is 0 Å². The van der Waals surface area contributed by atoms with Crippen LogP contribution in [0.4, 0.5) is 5.82 Å². The van der Waals surface area contributed by atoms with E-state index in [1.807, 2.05) is 35.0 Å². The van der Waals surface area contributed by atoms with E-state index in [1.54, 1.807) is 6.07 Å². The number of hydrogen-bond donors (Lipinski definition) is 2. The summed E-state index contributed by atoms with van der Waals surface area (Å²) in [7, 11) is 0. The summed E-state index contributed by atoms with van der Waals surface area (Å²) < 4.78 is 1.84. The van der Waals surface area contributed by atoms with Crippen LogP contribution in [-0.4, -0.2) is 25.8 Å². The maximum absolute atomic E-state index is 12.6. The maximum atomic E-state index is 12.6. The zero-order chi connectivity index (χ0) is 16.5. The number of rotatable bonds is 3. The van der Waals surface area contributed by atoms with E-state index in [0.29, 0.717) is 5.69 Å². The standard InChI is InChI=1S/C18H16N4O2/c23-15-10-5-11-19-17(15)20-18(24)16-13-8-4-9-14(13)22(21-16)12-6-2-1-3-7-12/h1-3,5-7,10-11,23H,4,8-9H2,(H,19,20,24). The van der Waals surface area contributed by atoms with Crippen molar-refractivity contribution in [3.63, 3.8) is 0 Å². The number of aromatic nitrogens is 3. The average molecular weight is 320 g/mol. The van der Waals surface area contributed by atoms with Gasteiger partial charge < -0.3 is 10.4 Å². The van der Waals surface area contributed by atoms with Crippen molar-refractivity contribution in [2.75, 3.05) is 5.32 Å². The number of amides is 1. The first-order valence-corrected chi connectivity index (χ1v) is 7.85. The summed E-state index contributed by atoms with van der Waals surface area (Å²) in [6, 6.07) is 12.9. The highest BCUT2D eigenvalue weighted by Crippen LogP contribution is 2.28. The lowest BCUT2D eigenvalue weighted by atomic mass is 10.2. The highest BCUT2D eigenvalue weighted by Gasteiger charge is 2.27. The third-order valence-electron chi connectivity index (χ3n) is 4.16. The number of fused-ring (bicyclic) bond motifs is 1. The number of aromatic hydroxyl groups is 1. The van der Waals surface area contributed by atoms with Gasteiger partial charge in [-0.05, 0) is 43.5 Å². The molecule has 2 aromatic heterocycles. The summed E-state index contributed by atoms with van der Waals surface area (Å²) in [5, 5.41) is 16.9. The number of carbonyl (C=O) groups excluding carboxylic acids is 1. The van der Waals surface area contributed by atoms with Crippen molar-refractivity contribution in [3.05, 3.63) is 65.6 Å². The van der Waals surface area contributed by atoms with E-state index < -0.39 is 0 Å². The molecule has 0 spiro atoms. The molecule has 4 rings (SSSR count). The van der Waals surface area contributed by atoms with Crippen LogP contribution >= 0.6 is 0 Å². The van der Waals surface area contributed by atoms with Crippen LogP contribution in [0.2, 0.25) is 0 Å². The normalized spacial score (nSPS) is 12.8. The zero-order valence-electron chi connectivity index (χ0n) is 12.9. The van der Waals surface area contributed by atoms with Crippen LogP contribution in [-0.2, 0) is 12.8 Å². The Labute approximate surface area is 138 Å². The summed E-state index contributed by atoms with van der Waals surface area (Å²) in [4.78, 5) is 16.6. The minimum atomic E-state index is -0.350. The molecular formula is C18H16N4O2. The molecule has 2 N–H and O–H groups in total. The van der Waals surface area contributed by atoms with Crippen molar-refractivity contribution in [2.45, 2.75) is 19.3 Å². The van der Waals surface area contributed by atoms with Crippen LogP contribution < -0.4 is 5.32 Å². The van der Waals surface area contributed by atoms with E-state index in [2.05, 4.69) is 15.4 Å². The van der Waals surface area contributed by atoms with Gasteiger partial charge in [-0.25, -0.2) is 9.67 Å². The second-order valence-electron chi connectivity index (χ2n) is 5.70. The Morgan fingerprint density at radius 2 is 1.96 bits per heavy atom. The van der Waals surface area contributed by atoms with Gasteiger partial charge in [0.2, 0.25) is 0 Å². The third-order valence-corrected chi connectivity index (χ3v) is 4.16. The lowest BCUT2D eigenvalue weighted by Gasteiger charge is -2.05. The largest absolute Gasteiger partial charge is 0.504 e. The minimum Gasteiger partial charge on any atom is -0.504 e. The highest BCUT2D eigenvalue weighted by molar-refractivity contribution is 6.04. The summed E-state index contributed by atoms with van der Waals surface area (Å²) >= 11 is 0. The number of benzene rings is 1. The molecule has 3 aromatic rings. The molecule has 24 heavy (non-hydrogen) atoms. The van der Waals surface area contributed by atoms with Crippen molar-refractivity contribution in [2.24, 2.45) is 0 Å². The predicted molar refractivity (Wildman–Crippen MR) is 89.4 cm³/mol. The van der Waals surface area contributed by atoms with Crippen molar-refractivity contribution >= 4 is 11.7 Å². The van der Waals surface area contributed by atoms with Crippen molar-refractivity contribution in [3.8, 4) is 11.4 Å². The minimum absolute atomic E-state index is 0.0648. The summed E-state index contributed by atoms with van der Waals surface area (Å²) in [5.41, 5.74) is 3.40. The molecule has 1 aromatic carbocycles. The zero-order valence-corrected chi connectivity index (χ0v) is 12.9. The summed E-state index contributed by atoms with van der Waals surface area (Å²) in [6.45, 7) is 0. The number of nitrogens with zero attached hydrogens (tertiary/aromatic N) is 3. The quantitative estimate of drug-likeness (QED) is 0.777. The second-order valence-corrected chi connectivity index (χ2v) is 5.70. The lowest BCUT2D eigenvalue weighted by molar-refractivity contribution is 0.102. The molecule has 0 aliphatic heterocycles. The average Bonchev–Trinajstić information content (AvgIpc) is 3.20. The molecule has 1 aliphatic rings. The predicted octanol–water partition coefficient (Wildman–Crippen LogP) is 2.71. The molecule has 0 bridgehead atoms. The van der Waals surface area contributed by atoms with Gasteiger partial charge in [0, 0.05) is 17.5 Å². The number of pyridine rings is 1. The Kier molecular flexibility index (Phi) is 3.49. The second kappa shape index (κ2) is 5.81. The molecule has 120 valence electrons.